The second-order valence-corrected chi connectivity index (χ2v) is 2.58. The number of nitrogens with zero attached hydrogens (tertiary/aromatic N) is 5. The lowest BCUT2D eigenvalue weighted by atomic mass is 10.0. The van der Waals surface area contributed by atoms with Gasteiger partial charge in [0.05, 0.1) is 0 Å². The minimum Gasteiger partial charge on any atom is -0.724 e. The van der Waals surface area contributed by atoms with Crippen LogP contribution in [0.2, 0.25) is 0 Å². The Morgan fingerprint density at radius 3 is 0.476 bits per heavy atom. The maximum absolute atomic E-state index is 8.24. The second-order valence-electron chi connectivity index (χ2n) is 2.58. The first-order chi connectivity index (χ1) is 10.1. The van der Waals surface area contributed by atoms with E-state index >= 15 is 0 Å². The standard InChI is InChI=1S/C6H12.5CNO/c1-2-4-6-5-3-1;5*2-1-3/h1-6H2;;;;;/q;5*-1. The van der Waals surface area contributed by atoms with Crippen LogP contribution in [0.25, 0.3) is 27.0 Å². The van der Waals surface area contributed by atoms with Crippen molar-refractivity contribution in [2.24, 2.45) is 0 Å². The van der Waals surface area contributed by atoms with Crippen LogP contribution >= 0.6 is 0 Å². The Morgan fingerprint density at radius 1 is 0.381 bits per heavy atom. The van der Waals surface area contributed by atoms with E-state index in [1.807, 2.05) is 0 Å². The topological polar surface area (TPSA) is 197 Å². The lowest BCUT2D eigenvalue weighted by molar-refractivity contribution is 0.504. The van der Waals surface area contributed by atoms with Crippen molar-refractivity contribution in [3.8, 4) is 0 Å². The average molecular weight is 294 g/mol. The van der Waals surface area contributed by atoms with Gasteiger partial charge in [0, 0.05) is 0 Å². The molecule has 1 saturated carbocycles. The Morgan fingerprint density at radius 2 is 0.429 bits per heavy atom. The molecule has 21 heavy (non-hydrogen) atoms. The van der Waals surface area contributed by atoms with Crippen LogP contribution in [-0.2, 0) is 24.0 Å². The van der Waals surface area contributed by atoms with E-state index in [4.69, 9.17) is 51.0 Å². The average Bonchev–Trinajstić information content (AvgIpc) is 2.45. The van der Waals surface area contributed by atoms with Crippen molar-refractivity contribution >= 4 is 30.4 Å². The molecular formula is C11H12N5O5-5. The van der Waals surface area contributed by atoms with E-state index in [2.05, 4.69) is 0 Å². The maximum atomic E-state index is 8.24. The van der Waals surface area contributed by atoms with Gasteiger partial charge in [0.15, 0.2) is 0 Å². The third-order valence-electron chi connectivity index (χ3n) is 1.50. The molecule has 10 heteroatoms. The normalized spacial score (nSPS) is 8.76. The molecule has 10 nitrogen and oxygen atoms in total. The summed E-state index contributed by atoms with van der Waals surface area (Å²) in [7, 11) is 0. The zero-order chi connectivity index (χ0) is 17.8. The van der Waals surface area contributed by atoms with Crippen molar-refractivity contribution in [2.45, 2.75) is 38.5 Å². The zero-order valence-corrected chi connectivity index (χ0v) is 11.0. The lowest BCUT2D eigenvalue weighted by Crippen LogP contribution is -1.85. The molecule has 0 N–H and O–H groups in total. The van der Waals surface area contributed by atoms with Crippen LogP contribution in [0.4, 0.5) is 0 Å². The summed E-state index contributed by atoms with van der Waals surface area (Å²) in [6.07, 6.45) is 11.5. The molecule has 0 amide bonds. The molecule has 1 aliphatic carbocycles. The molecule has 1 rings (SSSR count). The van der Waals surface area contributed by atoms with Crippen molar-refractivity contribution in [3.05, 3.63) is 27.0 Å². The molecule has 0 aromatic heterocycles. The lowest BCUT2D eigenvalue weighted by Gasteiger charge is -2.05. The molecule has 0 radical (unpaired) electrons. The Labute approximate surface area is 121 Å². The summed E-state index contributed by atoms with van der Waals surface area (Å²) in [5.41, 5.74) is 0. The minimum atomic E-state index is 0.500. The summed E-state index contributed by atoms with van der Waals surface area (Å²) < 4.78 is 0. The number of hydrogen-bond acceptors (Lipinski definition) is 5. The van der Waals surface area contributed by atoms with Gasteiger partial charge in [-0.1, -0.05) is 38.5 Å². The second kappa shape index (κ2) is 68.5. The third-order valence-corrected chi connectivity index (χ3v) is 1.50. The molecule has 0 saturated heterocycles. The molecule has 0 unspecified atom stereocenters. The summed E-state index contributed by atoms with van der Waals surface area (Å²) in [5, 5.41) is 33.8. The largest absolute Gasteiger partial charge is 0.724 e. The van der Waals surface area contributed by atoms with E-state index < -0.39 is 0 Å². The summed E-state index contributed by atoms with van der Waals surface area (Å²) in [6.45, 7) is 0. The first-order valence-electron chi connectivity index (χ1n) is 5.14. The summed E-state index contributed by atoms with van der Waals surface area (Å²) in [4.78, 5) is 41.2. The number of isocyanates is 5. The molecule has 0 atom stereocenters. The summed E-state index contributed by atoms with van der Waals surface area (Å²) in [6, 6.07) is 0. The van der Waals surface area contributed by atoms with E-state index in [1.54, 1.807) is 0 Å². The van der Waals surface area contributed by atoms with Gasteiger partial charge >= 0.3 is 0 Å². The van der Waals surface area contributed by atoms with Crippen LogP contribution < -0.4 is 0 Å². The van der Waals surface area contributed by atoms with Gasteiger partial charge in [0.2, 0.25) is 0 Å². The fourth-order valence-corrected chi connectivity index (χ4v) is 1.06. The van der Waals surface area contributed by atoms with E-state index in [0.29, 0.717) is 30.4 Å². The predicted molar refractivity (Wildman–Crippen MR) is 73.0 cm³/mol. The van der Waals surface area contributed by atoms with Crippen LogP contribution in [-0.4, -0.2) is 30.4 Å². The highest BCUT2D eigenvalue weighted by Gasteiger charge is 1.95. The summed E-state index contributed by atoms with van der Waals surface area (Å²) in [5.74, 6) is 0. The van der Waals surface area contributed by atoms with Gasteiger partial charge in [0.25, 0.3) is 0 Å². The molecule has 0 aliphatic heterocycles. The third kappa shape index (κ3) is 446. The Balaban J connectivity index is -0.0000000510. The summed E-state index contributed by atoms with van der Waals surface area (Å²) >= 11 is 0. The van der Waals surface area contributed by atoms with E-state index in [1.165, 1.54) is 38.5 Å². The van der Waals surface area contributed by atoms with Gasteiger partial charge in [-0.05, 0) is 30.4 Å². The number of rotatable bonds is 0. The van der Waals surface area contributed by atoms with Crippen LogP contribution in [0.1, 0.15) is 38.5 Å². The molecule has 0 heterocycles. The predicted octanol–water partition coefficient (Wildman–Crippen LogP) is 1.80. The highest BCUT2D eigenvalue weighted by molar-refractivity contribution is 5.37. The highest BCUT2D eigenvalue weighted by atomic mass is 16.1. The van der Waals surface area contributed by atoms with E-state index in [9.17, 15) is 0 Å². The molecule has 116 valence electrons. The first kappa shape index (κ1) is 30.7. The van der Waals surface area contributed by atoms with Gasteiger partial charge in [0.1, 0.15) is 0 Å². The van der Waals surface area contributed by atoms with Crippen molar-refractivity contribution < 1.29 is 24.0 Å². The van der Waals surface area contributed by atoms with Crippen molar-refractivity contribution in [1.82, 2.24) is 0 Å². The van der Waals surface area contributed by atoms with Gasteiger partial charge in [-0.3, -0.25) is 24.0 Å². The Bertz CT molecular complexity index is 268. The smallest absolute Gasteiger partial charge is 0.0159 e. The maximum Gasteiger partial charge on any atom is -0.0159 e. The minimum absolute atomic E-state index is 0.500. The van der Waals surface area contributed by atoms with Gasteiger partial charge in [-0.15, -0.1) is 0 Å². The molecule has 0 bridgehead atoms. The van der Waals surface area contributed by atoms with Crippen molar-refractivity contribution in [3.63, 3.8) is 0 Å². The Kier molecular flexibility index (Phi) is 100. The zero-order valence-electron chi connectivity index (χ0n) is 11.0. The monoisotopic (exact) mass is 294 g/mol. The van der Waals surface area contributed by atoms with E-state index in [0.717, 1.165) is 0 Å². The van der Waals surface area contributed by atoms with Crippen LogP contribution in [0.3, 0.4) is 0 Å². The van der Waals surface area contributed by atoms with Crippen LogP contribution in [0.5, 0.6) is 0 Å². The SMILES string of the molecule is C1CCCCC1.[N-]=C=O.[N-]=C=O.[N-]=C=O.[N-]=C=O.[N-]=C=O. The first-order valence-corrected chi connectivity index (χ1v) is 5.14. The van der Waals surface area contributed by atoms with Crippen molar-refractivity contribution in [2.75, 3.05) is 0 Å². The molecule has 0 aromatic carbocycles. The van der Waals surface area contributed by atoms with Gasteiger partial charge in [-0.2, -0.15) is 0 Å². The molecular weight excluding hydrogens is 282 g/mol. The van der Waals surface area contributed by atoms with Crippen LogP contribution in [0, 0.1) is 0 Å². The quantitative estimate of drug-likeness (QED) is 0.483. The molecule has 1 aliphatic rings. The fraction of sp³-hybridized carbons (Fsp3) is 0.545. The van der Waals surface area contributed by atoms with Crippen molar-refractivity contribution in [1.29, 1.82) is 0 Å². The van der Waals surface area contributed by atoms with E-state index in [-0.39, 0.29) is 0 Å². The molecule has 1 fully saturated rings. The van der Waals surface area contributed by atoms with Gasteiger partial charge < -0.3 is 27.0 Å². The van der Waals surface area contributed by atoms with Gasteiger partial charge in [-0.25, -0.2) is 0 Å². The molecule has 0 aromatic rings. The van der Waals surface area contributed by atoms with Crippen LogP contribution in [0.15, 0.2) is 0 Å². The molecule has 0 spiro atoms. The Hall–Kier alpha value is -3.10. The number of hydrogen-bond donors (Lipinski definition) is 0. The fourth-order valence-electron chi connectivity index (χ4n) is 1.06. The highest BCUT2D eigenvalue weighted by Crippen LogP contribution is 2.15. The number of carbonyl (C=O) groups excluding carboxylic acids is 5.